The highest BCUT2D eigenvalue weighted by molar-refractivity contribution is 8.00. The first-order valence-electron chi connectivity index (χ1n) is 4.94. The van der Waals surface area contributed by atoms with Crippen molar-refractivity contribution in [1.82, 2.24) is 0 Å². The van der Waals surface area contributed by atoms with Gasteiger partial charge in [-0.2, -0.15) is 0 Å². The zero-order valence-electron chi connectivity index (χ0n) is 8.34. The second kappa shape index (κ2) is 3.96. The monoisotopic (exact) mass is 247 g/mol. The highest BCUT2D eigenvalue weighted by Gasteiger charge is 2.28. The van der Waals surface area contributed by atoms with E-state index in [0.717, 1.165) is 15.5 Å². The Morgan fingerprint density at radius 2 is 2.00 bits per heavy atom. The first-order valence-corrected chi connectivity index (χ1v) is 6.70. The molecule has 2 nitrogen and oxygen atoms in total. The van der Waals surface area contributed by atoms with E-state index in [2.05, 4.69) is 5.32 Å². The fourth-order valence-electron chi connectivity index (χ4n) is 1.68. The standard InChI is InChI=1S/C12H9NOS2/c14-12-11(10-6-3-7-15-10)16-9-5-2-1-4-8(9)13-12/h1-7,11H,(H,13,14). The maximum absolute atomic E-state index is 11.9. The first kappa shape index (κ1) is 9.93. The number of thiophene rings is 1. The number of benzene rings is 1. The van der Waals surface area contributed by atoms with Crippen molar-refractivity contribution < 1.29 is 4.79 Å². The third kappa shape index (κ3) is 1.64. The summed E-state index contributed by atoms with van der Waals surface area (Å²) >= 11 is 3.25. The Kier molecular flexibility index (Phi) is 2.46. The number of fused-ring (bicyclic) bond motifs is 1. The molecule has 80 valence electrons. The Labute approximate surface area is 102 Å². The number of para-hydroxylation sites is 1. The van der Waals surface area contributed by atoms with Crippen LogP contribution in [0, 0.1) is 0 Å². The molecule has 4 heteroatoms. The van der Waals surface area contributed by atoms with Crippen molar-refractivity contribution in [2.45, 2.75) is 10.1 Å². The van der Waals surface area contributed by atoms with Crippen LogP contribution in [0.2, 0.25) is 0 Å². The number of anilines is 1. The fourth-order valence-corrected chi connectivity index (χ4v) is 3.71. The molecule has 3 rings (SSSR count). The maximum Gasteiger partial charge on any atom is 0.243 e. The van der Waals surface area contributed by atoms with Gasteiger partial charge >= 0.3 is 0 Å². The summed E-state index contributed by atoms with van der Waals surface area (Å²) in [5, 5.41) is 4.85. The molecule has 2 aromatic rings. The lowest BCUT2D eigenvalue weighted by atomic mass is 10.2. The number of hydrogen-bond acceptors (Lipinski definition) is 3. The average molecular weight is 247 g/mol. The summed E-state index contributed by atoms with van der Waals surface area (Å²) in [6.45, 7) is 0. The van der Waals surface area contributed by atoms with Crippen molar-refractivity contribution in [1.29, 1.82) is 0 Å². The Morgan fingerprint density at radius 3 is 2.81 bits per heavy atom. The smallest absolute Gasteiger partial charge is 0.243 e. The zero-order chi connectivity index (χ0) is 11.0. The summed E-state index contributed by atoms with van der Waals surface area (Å²) in [5.74, 6) is 0.0751. The number of hydrogen-bond donors (Lipinski definition) is 1. The van der Waals surface area contributed by atoms with Gasteiger partial charge in [0.1, 0.15) is 5.25 Å². The lowest BCUT2D eigenvalue weighted by molar-refractivity contribution is -0.115. The Hall–Kier alpha value is -1.26. The van der Waals surface area contributed by atoms with Crippen LogP contribution in [0.15, 0.2) is 46.7 Å². The van der Waals surface area contributed by atoms with Gasteiger partial charge in [0.15, 0.2) is 0 Å². The van der Waals surface area contributed by atoms with E-state index in [1.807, 2.05) is 41.8 Å². The Morgan fingerprint density at radius 1 is 1.12 bits per heavy atom. The minimum absolute atomic E-state index is 0.0751. The minimum Gasteiger partial charge on any atom is -0.324 e. The van der Waals surface area contributed by atoms with Crippen LogP contribution in [0.5, 0.6) is 0 Å². The van der Waals surface area contributed by atoms with E-state index in [1.54, 1.807) is 23.1 Å². The second-order valence-electron chi connectivity index (χ2n) is 3.50. The lowest BCUT2D eigenvalue weighted by Crippen LogP contribution is -2.22. The highest BCUT2D eigenvalue weighted by atomic mass is 32.2. The molecule has 0 radical (unpaired) electrons. The summed E-state index contributed by atoms with van der Waals surface area (Å²) in [7, 11) is 0. The van der Waals surface area contributed by atoms with E-state index in [0.29, 0.717) is 0 Å². The zero-order valence-corrected chi connectivity index (χ0v) is 9.98. The molecule has 1 aliphatic rings. The van der Waals surface area contributed by atoms with Gasteiger partial charge < -0.3 is 5.32 Å². The predicted octanol–water partition coefficient (Wildman–Crippen LogP) is 3.53. The third-order valence-corrected chi connectivity index (χ3v) is 4.83. The van der Waals surface area contributed by atoms with Gasteiger partial charge in [0, 0.05) is 9.77 Å². The largest absolute Gasteiger partial charge is 0.324 e. The van der Waals surface area contributed by atoms with E-state index in [-0.39, 0.29) is 11.2 Å². The van der Waals surface area contributed by atoms with E-state index >= 15 is 0 Å². The number of nitrogens with one attached hydrogen (secondary N) is 1. The number of carbonyl (C=O) groups excluding carboxylic acids is 1. The number of carbonyl (C=O) groups is 1. The summed E-state index contributed by atoms with van der Waals surface area (Å²) in [4.78, 5) is 14.2. The molecular weight excluding hydrogens is 238 g/mol. The van der Waals surface area contributed by atoms with Crippen molar-refractivity contribution in [2.75, 3.05) is 5.32 Å². The van der Waals surface area contributed by atoms with Crippen LogP contribution in [0.1, 0.15) is 10.1 Å². The fraction of sp³-hybridized carbons (Fsp3) is 0.0833. The molecule has 1 aromatic carbocycles. The van der Waals surface area contributed by atoms with Crippen molar-refractivity contribution in [3.63, 3.8) is 0 Å². The summed E-state index contributed by atoms with van der Waals surface area (Å²) < 4.78 is 0. The van der Waals surface area contributed by atoms with Crippen LogP contribution in [0.3, 0.4) is 0 Å². The van der Waals surface area contributed by atoms with Crippen LogP contribution in [-0.4, -0.2) is 5.91 Å². The molecule has 0 aliphatic carbocycles. The molecule has 0 spiro atoms. The van der Waals surface area contributed by atoms with E-state index in [1.165, 1.54) is 0 Å². The molecule has 0 saturated heterocycles. The molecule has 1 unspecified atom stereocenters. The van der Waals surface area contributed by atoms with Gasteiger partial charge in [-0.25, -0.2) is 0 Å². The third-order valence-electron chi connectivity index (χ3n) is 2.43. The van der Waals surface area contributed by atoms with Crippen LogP contribution >= 0.6 is 23.1 Å². The van der Waals surface area contributed by atoms with Gasteiger partial charge in [0.2, 0.25) is 5.91 Å². The van der Waals surface area contributed by atoms with Crippen molar-refractivity contribution in [3.05, 3.63) is 46.7 Å². The first-order chi connectivity index (χ1) is 7.84. The molecule has 2 heterocycles. The Bertz CT molecular complexity index is 522. The number of rotatable bonds is 1. The summed E-state index contributed by atoms with van der Waals surface area (Å²) in [6.07, 6.45) is 0. The van der Waals surface area contributed by atoms with Crippen LogP contribution in [0.4, 0.5) is 5.69 Å². The van der Waals surface area contributed by atoms with E-state index in [9.17, 15) is 4.79 Å². The predicted molar refractivity (Wildman–Crippen MR) is 68.0 cm³/mol. The van der Waals surface area contributed by atoms with Crippen molar-refractivity contribution >= 4 is 34.7 Å². The molecule has 1 aliphatic heterocycles. The van der Waals surface area contributed by atoms with Gasteiger partial charge in [-0.1, -0.05) is 18.2 Å². The molecule has 1 atom stereocenters. The van der Waals surface area contributed by atoms with Gasteiger partial charge in [-0.3, -0.25) is 4.79 Å². The van der Waals surface area contributed by atoms with Crippen molar-refractivity contribution in [2.24, 2.45) is 0 Å². The normalized spacial score (nSPS) is 19.0. The minimum atomic E-state index is -0.102. The van der Waals surface area contributed by atoms with Crippen LogP contribution in [0.25, 0.3) is 0 Å². The molecule has 0 saturated carbocycles. The molecule has 16 heavy (non-hydrogen) atoms. The van der Waals surface area contributed by atoms with Gasteiger partial charge in [0.05, 0.1) is 5.69 Å². The highest BCUT2D eigenvalue weighted by Crippen LogP contribution is 2.44. The summed E-state index contributed by atoms with van der Waals surface area (Å²) in [5.41, 5.74) is 0.922. The molecule has 0 fully saturated rings. The molecule has 1 N–H and O–H groups in total. The number of thioether (sulfide) groups is 1. The quantitative estimate of drug-likeness (QED) is 0.835. The SMILES string of the molecule is O=C1Nc2ccccc2SC1c1cccs1. The summed E-state index contributed by atoms with van der Waals surface area (Å²) in [6, 6.07) is 11.9. The number of amides is 1. The van der Waals surface area contributed by atoms with Gasteiger partial charge in [-0.15, -0.1) is 23.1 Å². The lowest BCUT2D eigenvalue weighted by Gasteiger charge is -2.22. The van der Waals surface area contributed by atoms with E-state index in [4.69, 9.17) is 0 Å². The van der Waals surface area contributed by atoms with Crippen LogP contribution < -0.4 is 5.32 Å². The maximum atomic E-state index is 11.9. The topological polar surface area (TPSA) is 29.1 Å². The second-order valence-corrected chi connectivity index (χ2v) is 5.62. The van der Waals surface area contributed by atoms with Crippen molar-refractivity contribution in [3.8, 4) is 0 Å². The van der Waals surface area contributed by atoms with Gasteiger partial charge in [-0.05, 0) is 23.6 Å². The molecule has 0 bridgehead atoms. The Balaban J connectivity index is 1.98. The molecule has 1 aromatic heterocycles. The average Bonchev–Trinajstić information content (AvgIpc) is 2.81. The van der Waals surface area contributed by atoms with Crippen LogP contribution in [-0.2, 0) is 4.79 Å². The molecule has 1 amide bonds. The van der Waals surface area contributed by atoms with E-state index < -0.39 is 0 Å². The van der Waals surface area contributed by atoms with Gasteiger partial charge in [0.25, 0.3) is 0 Å². The molecular formula is C12H9NOS2.